The molecule has 2 heterocycles. The molecule has 0 bridgehead atoms. The number of anilines is 2. The normalized spacial score (nSPS) is 14.4. The number of nitrogens with one attached hydrogen (secondary N) is 2. The van der Waals surface area contributed by atoms with E-state index < -0.39 is 11.7 Å². The van der Waals surface area contributed by atoms with Crippen LogP contribution in [-0.4, -0.2) is 23.2 Å². The van der Waals surface area contributed by atoms with Crippen molar-refractivity contribution < 1.29 is 22.8 Å². The second kappa shape index (κ2) is 12.1. The number of para-hydroxylation sites is 2. The number of amides is 2. The van der Waals surface area contributed by atoms with Gasteiger partial charge in [-0.3, -0.25) is 19.6 Å². The molecule has 6 nitrogen and oxygen atoms in total. The molecule has 0 unspecified atom stereocenters. The topological polar surface area (TPSA) is 82.9 Å². The molecule has 0 aliphatic carbocycles. The standard InChI is InChI=1S/C16H13BrN2O.C16H11F3N2O/c1-10-3-2-4-11(7-10)14-9-16(20)19-13-6-5-12(17)8-15(13)18-14;17-16(18,19)11-5-3-4-10(8-11)14-9-15(22)21-13-7-2-1-6-12(13)20-14/h2-8H,9H2,1H3,(H,19,20);1-8H,9H2,(H,21,22). The molecule has 0 aromatic heterocycles. The van der Waals surface area contributed by atoms with Gasteiger partial charge < -0.3 is 10.6 Å². The van der Waals surface area contributed by atoms with Crippen LogP contribution in [0.1, 0.15) is 35.1 Å². The molecule has 0 spiro atoms. The third-order valence-electron chi connectivity index (χ3n) is 6.45. The minimum atomic E-state index is -4.43. The zero-order valence-corrected chi connectivity index (χ0v) is 23.9. The third kappa shape index (κ3) is 7.01. The summed E-state index contributed by atoms with van der Waals surface area (Å²) in [7, 11) is 0. The molecule has 4 aromatic rings. The van der Waals surface area contributed by atoms with Crippen LogP contribution < -0.4 is 10.6 Å². The Kier molecular flexibility index (Phi) is 8.35. The molecule has 6 rings (SSSR count). The molecule has 2 aliphatic heterocycles. The Morgan fingerprint density at radius 3 is 1.95 bits per heavy atom. The van der Waals surface area contributed by atoms with Gasteiger partial charge in [-0.15, -0.1) is 0 Å². The lowest BCUT2D eigenvalue weighted by Crippen LogP contribution is -2.15. The molecule has 0 saturated carbocycles. The van der Waals surface area contributed by atoms with E-state index in [1.54, 1.807) is 24.3 Å². The molecular formula is C32H24BrF3N4O2. The Balaban J connectivity index is 0.000000169. The Morgan fingerprint density at radius 2 is 1.29 bits per heavy atom. The van der Waals surface area contributed by atoms with Crippen LogP contribution in [0.5, 0.6) is 0 Å². The van der Waals surface area contributed by atoms with Gasteiger partial charge in [0, 0.05) is 4.47 Å². The van der Waals surface area contributed by atoms with Crippen LogP contribution in [0.2, 0.25) is 0 Å². The lowest BCUT2D eigenvalue weighted by molar-refractivity contribution is -0.137. The van der Waals surface area contributed by atoms with Crippen molar-refractivity contribution in [3.8, 4) is 0 Å². The van der Waals surface area contributed by atoms with Crippen molar-refractivity contribution in [3.63, 3.8) is 0 Å². The van der Waals surface area contributed by atoms with Crippen LogP contribution in [0.4, 0.5) is 35.9 Å². The maximum Gasteiger partial charge on any atom is 0.416 e. The van der Waals surface area contributed by atoms with Gasteiger partial charge in [-0.1, -0.05) is 70.0 Å². The first-order valence-electron chi connectivity index (χ1n) is 12.9. The molecule has 2 amide bonds. The van der Waals surface area contributed by atoms with Crippen LogP contribution in [0.3, 0.4) is 0 Å². The van der Waals surface area contributed by atoms with Gasteiger partial charge in [0.2, 0.25) is 11.8 Å². The summed E-state index contributed by atoms with van der Waals surface area (Å²) in [4.78, 5) is 32.9. The second-order valence-electron chi connectivity index (χ2n) is 9.69. The van der Waals surface area contributed by atoms with Crippen molar-refractivity contribution >= 4 is 61.9 Å². The number of aliphatic imine (C=N–C) groups is 2. The number of aryl methyl sites for hydroxylation is 1. The second-order valence-corrected chi connectivity index (χ2v) is 10.6. The Morgan fingerprint density at radius 1 is 0.690 bits per heavy atom. The summed E-state index contributed by atoms with van der Waals surface area (Å²) < 4.78 is 39.4. The maximum atomic E-state index is 12.8. The highest BCUT2D eigenvalue weighted by molar-refractivity contribution is 9.10. The molecule has 4 aromatic carbocycles. The number of hydrogen-bond acceptors (Lipinski definition) is 4. The van der Waals surface area contributed by atoms with Crippen LogP contribution in [0.25, 0.3) is 0 Å². The maximum absolute atomic E-state index is 12.8. The minimum Gasteiger partial charge on any atom is -0.324 e. The SMILES string of the molecule is Cc1cccc(C2=Nc3cc(Br)ccc3NC(=O)C2)c1.O=C1CC(c2cccc(C(F)(F)F)c2)=Nc2ccccc2N1. The van der Waals surface area contributed by atoms with Gasteiger partial charge in [0.1, 0.15) is 0 Å². The summed E-state index contributed by atoms with van der Waals surface area (Å²) >= 11 is 3.44. The number of fused-ring (bicyclic) bond motifs is 2. The number of carbonyl (C=O) groups is 2. The molecule has 0 fully saturated rings. The van der Waals surface area contributed by atoms with Gasteiger partial charge in [-0.25, -0.2) is 0 Å². The highest BCUT2D eigenvalue weighted by Crippen LogP contribution is 2.33. The fourth-order valence-corrected chi connectivity index (χ4v) is 4.82. The van der Waals surface area contributed by atoms with Crippen molar-refractivity contribution in [3.05, 3.63) is 118 Å². The molecular weight excluding hydrogens is 609 g/mol. The monoisotopic (exact) mass is 632 g/mol. The van der Waals surface area contributed by atoms with Crippen LogP contribution in [0.15, 0.2) is 105 Å². The van der Waals surface area contributed by atoms with E-state index in [1.807, 2.05) is 43.3 Å². The number of carbonyl (C=O) groups excluding carboxylic acids is 2. The van der Waals surface area contributed by atoms with E-state index in [9.17, 15) is 22.8 Å². The van der Waals surface area contributed by atoms with Crippen molar-refractivity contribution in [2.45, 2.75) is 25.9 Å². The van der Waals surface area contributed by atoms with E-state index in [4.69, 9.17) is 0 Å². The van der Waals surface area contributed by atoms with Gasteiger partial charge in [0.25, 0.3) is 0 Å². The fourth-order valence-electron chi connectivity index (χ4n) is 4.48. The molecule has 2 N–H and O–H groups in total. The van der Waals surface area contributed by atoms with E-state index in [0.29, 0.717) is 22.6 Å². The van der Waals surface area contributed by atoms with E-state index in [2.05, 4.69) is 42.6 Å². The van der Waals surface area contributed by atoms with Gasteiger partial charge in [-0.05, 0) is 60.5 Å². The molecule has 2 aliphatic rings. The smallest absolute Gasteiger partial charge is 0.324 e. The van der Waals surface area contributed by atoms with Crippen LogP contribution in [-0.2, 0) is 15.8 Å². The molecule has 0 saturated heterocycles. The van der Waals surface area contributed by atoms with E-state index in [1.165, 1.54) is 12.1 Å². The number of benzene rings is 4. The summed E-state index contributed by atoms with van der Waals surface area (Å²) in [6.07, 6.45) is -4.22. The molecule has 0 radical (unpaired) electrons. The number of nitrogens with zero attached hydrogens (tertiary/aromatic N) is 2. The summed E-state index contributed by atoms with van der Waals surface area (Å²) in [5.74, 6) is -0.340. The minimum absolute atomic E-state index is 0.0358. The van der Waals surface area contributed by atoms with E-state index >= 15 is 0 Å². The van der Waals surface area contributed by atoms with Crippen molar-refractivity contribution in [2.24, 2.45) is 9.98 Å². The Hall–Kier alpha value is -4.57. The highest BCUT2D eigenvalue weighted by atomic mass is 79.9. The van der Waals surface area contributed by atoms with Crippen LogP contribution >= 0.6 is 15.9 Å². The lowest BCUT2D eigenvalue weighted by Gasteiger charge is -2.09. The largest absolute Gasteiger partial charge is 0.416 e. The predicted octanol–water partition coefficient (Wildman–Crippen LogP) is 8.39. The zero-order chi connectivity index (χ0) is 29.9. The summed E-state index contributed by atoms with van der Waals surface area (Å²) in [5, 5.41) is 5.58. The first-order valence-corrected chi connectivity index (χ1v) is 13.7. The van der Waals surface area contributed by atoms with E-state index in [-0.39, 0.29) is 24.7 Å². The summed E-state index contributed by atoms with van der Waals surface area (Å²) in [6.45, 7) is 2.03. The predicted molar refractivity (Wildman–Crippen MR) is 162 cm³/mol. The number of rotatable bonds is 2. The van der Waals surface area contributed by atoms with Crippen LogP contribution in [0, 0.1) is 6.92 Å². The van der Waals surface area contributed by atoms with Crippen molar-refractivity contribution in [1.82, 2.24) is 0 Å². The highest BCUT2D eigenvalue weighted by Gasteiger charge is 2.31. The number of halogens is 4. The van der Waals surface area contributed by atoms with Gasteiger partial charge >= 0.3 is 6.18 Å². The first kappa shape index (κ1) is 28.9. The molecule has 42 heavy (non-hydrogen) atoms. The number of hydrogen-bond donors (Lipinski definition) is 2. The Labute approximate surface area is 248 Å². The average Bonchev–Trinajstić information content (AvgIpc) is 3.22. The van der Waals surface area contributed by atoms with Crippen molar-refractivity contribution in [1.29, 1.82) is 0 Å². The molecule has 0 atom stereocenters. The van der Waals surface area contributed by atoms with Crippen molar-refractivity contribution in [2.75, 3.05) is 10.6 Å². The summed E-state index contributed by atoms with van der Waals surface area (Å²) in [6, 6.07) is 25.5. The van der Waals surface area contributed by atoms with E-state index in [0.717, 1.165) is 44.8 Å². The third-order valence-corrected chi connectivity index (χ3v) is 6.95. The molecule has 10 heteroatoms. The van der Waals surface area contributed by atoms with Gasteiger partial charge in [0.15, 0.2) is 0 Å². The zero-order valence-electron chi connectivity index (χ0n) is 22.3. The quantitative estimate of drug-likeness (QED) is 0.233. The first-order chi connectivity index (χ1) is 20.0. The molecule has 212 valence electrons. The fraction of sp³-hybridized carbons (Fsp3) is 0.125. The van der Waals surface area contributed by atoms with Gasteiger partial charge in [-0.2, -0.15) is 13.2 Å². The number of alkyl halides is 3. The Bertz CT molecular complexity index is 1750. The summed E-state index contributed by atoms with van der Waals surface area (Å²) in [5.41, 5.74) is 5.40. The lowest BCUT2D eigenvalue weighted by atomic mass is 10.0. The van der Waals surface area contributed by atoms with Gasteiger partial charge in [0.05, 0.1) is 52.6 Å². The average molecular weight is 633 g/mol.